The van der Waals surface area contributed by atoms with Gasteiger partial charge in [0.15, 0.2) is 0 Å². The number of nitriles is 1. The van der Waals surface area contributed by atoms with E-state index in [0.29, 0.717) is 11.3 Å². The maximum absolute atomic E-state index is 12.3. The molecule has 0 aliphatic carbocycles. The maximum Gasteiger partial charge on any atom is 0.269 e. The van der Waals surface area contributed by atoms with Gasteiger partial charge >= 0.3 is 0 Å². The van der Waals surface area contributed by atoms with E-state index in [-0.39, 0.29) is 11.6 Å². The van der Waals surface area contributed by atoms with Gasteiger partial charge in [0.2, 0.25) is 0 Å². The number of anilines is 1. The molecule has 2 rings (SSSR count). The highest BCUT2D eigenvalue weighted by Gasteiger charge is 2.13. The molecule has 0 radical (unpaired) electrons. The molecule has 0 atom stereocenters. The Balaban J connectivity index is 2.23. The van der Waals surface area contributed by atoms with Crippen molar-refractivity contribution in [3.05, 3.63) is 63.2 Å². The van der Waals surface area contributed by atoms with E-state index in [1.807, 2.05) is 31.4 Å². The van der Waals surface area contributed by atoms with Gasteiger partial charge in [0.05, 0.1) is 4.92 Å². The highest BCUT2D eigenvalue weighted by atomic mass is 32.2. The minimum atomic E-state index is -0.512. The van der Waals surface area contributed by atoms with Gasteiger partial charge in [-0.3, -0.25) is 14.9 Å². The predicted molar refractivity (Wildman–Crippen MR) is 88.4 cm³/mol. The van der Waals surface area contributed by atoms with Crippen LogP contribution in [0.3, 0.4) is 0 Å². The first-order chi connectivity index (χ1) is 10.9. The molecule has 1 amide bonds. The number of amides is 1. The number of thiocyanates is 1. The van der Waals surface area contributed by atoms with Crippen molar-refractivity contribution >= 4 is 29.0 Å². The fourth-order valence-corrected chi connectivity index (χ4v) is 2.73. The van der Waals surface area contributed by atoms with Gasteiger partial charge in [-0.15, -0.1) is 0 Å². The number of rotatable bonds is 4. The van der Waals surface area contributed by atoms with E-state index >= 15 is 0 Å². The topological polar surface area (TPSA) is 96.0 Å². The van der Waals surface area contributed by atoms with Crippen molar-refractivity contribution in [2.75, 3.05) is 5.32 Å². The zero-order chi connectivity index (χ0) is 17.0. The van der Waals surface area contributed by atoms with E-state index in [9.17, 15) is 14.9 Å². The summed E-state index contributed by atoms with van der Waals surface area (Å²) >= 11 is 1.06. The Morgan fingerprint density at radius 1 is 1.22 bits per heavy atom. The number of hydrogen-bond donors (Lipinski definition) is 1. The maximum atomic E-state index is 12.3. The number of hydrogen-bond acceptors (Lipinski definition) is 5. The van der Waals surface area contributed by atoms with Crippen molar-refractivity contribution in [2.45, 2.75) is 18.7 Å². The highest BCUT2D eigenvalue weighted by molar-refractivity contribution is 8.03. The Bertz CT molecular complexity index is 787. The van der Waals surface area contributed by atoms with Crippen molar-refractivity contribution in [1.29, 1.82) is 5.26 Å². The van der Waals surface area contributed by atoms with E-state index in [4.69, 9.17) is 5.26 Å². The standard InChI is InChI=1S/C16H13N3O3S/c1-10-7-14(23-9-17)8-11(2)15(10)18-16(20)12-3-5-13(6-4-12)19(21)22/h3-8H,1-2H3,(H,18,20). The number of benzene rings is 2. The molecular weight excluding hydrogens is 314 g/mol. The summed E-state index contributed by atoms with van der Waals surface area (Å²) < 4.78 is 0. The molecule has 7 heteroatoms. The zero-order valence-electron chi connectivity index (χ0n) is 12.5. The van der Waals surface area contributed by atoms with Gasteiger partial charge < -0.3 is 5.32 Å². The lowest BCUT2D eigenvalue weighted by molar-refractivity contribution is -0.384. The second kappa shape index (κ2) is 6.94. The second-order valence-electron chi connectivity index (χ2n) is 4.88. The number of thioether (sulfide) groups is 1. The third kappa shape index (κ3) is 3.87. The monoisotopic (exact) mass is 327 g/mol. The number of carbonyl (C=O) groups excluding carboxylic acids is 1. The van der Waals surface area contributed by atoms with Crippen molar-refractivity contribution < 1.29 is 9.72 Å². The van der Waals surface area contributed by atoms with Crippen LogP contribution in [0.2, 0.25) is 0 Å². The van der Waals surface area contributed by atoms with Crippen LogP contribution in [0.1, 0.15) is 21.5 Å². The number of nitrogens with zero attached hydrogens (tertiary/aromatic N) is 2. The molecular formula is C16H13N3O3S. The number of aryl methyl sites for hydroxylation is 2. The van der Waals surface area contributed by atoms with E-state index in [2.05, 4.69) is 5.32 Å². The Kier molecular flexibility index (Phi) is 4.98. The molecule has 23 heavy (non-hydrogen) atoms. The Morgan fingerprint density at radius 3 is 2.26 bits per heavy atom. The van der Waals surface area contributed by atoms with E-state index < -0.39 is 4.92 Å². The van der Waals surface area contributed by atoms with Crippen LogP contribution >= 0.6 is 11.8 Å². The van der Waals surface area contributed by atoms with Gasteiger partial charge in [-0.2, -0.15) is 5.26 Å². The quantitative estimate of drug-likeness (QED) is 0.396. The second-order valence-corrected chi connectivity index (χ2v) is 5.74. The number of nitro groups is 1. The van der Waals surface area contributed by atoms with Gasteiger partial charge in [-0.05, 0) is 61.0 Å². The summed E-state index contributed by atoms with van der Waals surface area (Å²) in [6, 6.07) is 9.07. The van der Waals surface area contributed by atoms with Crippen LogP contribution in [-0.4, -0.2) is 10.8 Å². The molecule has 0 fully saturated rings. The van der Waals surface area contributed by atoms with Gasteiger partial charge in [0.25, 0.3) is 11.6 Å². The molecule has 0 saturated carbocycles. The van der Waals surface area contributed by atoms with Crippen LogP contribution < -0.4 is 5.32 Å². The normalized spacial score (nSPS) is 9.96. The van der Waals surface area contributed by atoms with Crippen molar-refractivity contribution in [2.24, 2.45) is 0 Å². The SMILES string of the molecule is Cc1cc(SC#N)cc(C)c1NC(=O)c1ccc([N+](=O)[O-])cc1. The predicted octanol–water partition coefficient (Wildman–Crippen LogP) is 4.04. The third-order valence-corrected chi connectivity index (χ3v) is 3.81. The number of carbonyl (C=O) groups is 1. The lowest BCUT2D eigenvalue weighted by Crippen LogP contribution is -2.13. The first-order valence-corrected chi connectivity index (χ1v) is 7.47. The fraction of sp³-hybridized carbons (Fsp3) is 0.125. The van der Waals surface area contributed by atoms with Crippen LogP contribution in [0, 0.1) is 34.6 Å². The summed E-state index contributed by atoms with van der Waals surface area (Å²) in [7, 11) is 0. The summed E-state index contributed by atoms with van der Waals surface area (Å²) in [6.45, 7) is 3.69. The zero-order valence-corrected chi connectivity index (χ0v) is 13.3. The first-order valence-electron chi connectivity index (χ1n) is 6.65. The third-order valence-electron chi connectivity index (χ3n) is 3.25. The average molecular weight is 327 g/mol. The van der Waals surface area contributed by atoms with Gasteiger partial charge in [-0.25, -0.2) is 0 Å². The summed E-state index contributed by atoms with van der Waals surface area (Å²) in [6.07, 6.45) is 0. The smallest absolute Gasteiger partial charge is 0.269 e. The molecule has 0 spiro atoms. The van der Waals surface area contributed by atoms with Crippen molar-refractivity contribution in [3.8, 4) is 5.40 Å². The van der Waals surface area contributed by atoms with Gasteiger partial charge in [-0.1, -0.05) is 0 Å². The van der Waals surface area contributed by atoms with E-state index in [0.717, 1.165) is 27.8 Å². The lowest BCUT2D eigenvalue weighted by atomic mass is 10.1. The molecule has 6 nitrogen and oxygen atoms in total. The minimum Gasteiger partial charge on any atom is -0.322 e. The molecule has 2 aromatic rings. The highest BCUT2D eigenvalue weighted by Crippen LogP contribution is 2.28. The Hall–Kier alpha value is -2.85. The minimum absolute atomic E-state index is 0.0632. The molecule has 0 bridgehead atoms. The summed E-state index contributed by atoms with van der Waals surface area (Å²) in [5.74, 6) is -0.341. The summed E-state index contributed by atoms with van der Waals surface area (Å²) in [4.78, 5) is 23.2. The largest absolute Gasteiger partial charge is 0.322 e. The lowest BCUT2D eigenvalue weighted by Gasteiger charge is -2.13. The van der Waals surface area contributed by atoms with E-state index in [1.165, 1.54) is 24.3 Å². The summed E-state index contributed by atoms with van der Waals surface area (Å²) in [5, 5.41) is 24.2. The van der Waals surface area contributed by atoms with Crippen molar-refractivity contribution in [3.63, 3.8) is 0 Å². The summed E-state index contributed by atoms with van der Waals surface area (Å²) in [5.41, 5.74) is 2.64. The fourth-order valence-electron chi connectivity index (χ4n) is 2.15. The number of non-ortho nitro benzene ring substituents is 1. The Morgan fingerprint density at radius 2 is 1.78 bits per heavy atom. The van der Waals surface area contributed by atoms with Crippen molar-refractivity contribution in [1.82, 2.24) is 0 Å². The van der Waals surface area contributed by atoms with Crippen LogP contribution in [-0.2, 0) is 0 Å². The van der Waals surface area contributed by atoms with Crippen LogP contribution in [0.5, 0.6) is 0 Å². The molecule has 1 N–H and O–H groups in total. The Labute approximate surface area is 137 Å². The molecule has 0 saturated heterocycles. The van der Waals surface area contributed by atoms with Gasteiger partial charge in [0, 0.05) is 28.3 Å². The first kappa shape index (κ1) is 16.5. The number of nitro benzene ring substituents is 1. The van der Waals surface area contributed by atoms with Crippen LogP contribution in [0.15, 0.2) is 41.3 Å². The molecule has 2 aromatic carbocycles. The number of nitrogens with one attached hydrogen (secondary N) is 1. The molecule has 0 unspecified atom stereocenters. The molecule has 0 aliphatic rings. The molecule has 0 aromatic heterocycles. The molecule has 0 heterocycles. The van der Waals surface area contributed by atoms with Crippen LogP contribution in [0.4, 0.5) is 11.4 Å². The average Bonchev–Trinajstić information content (AvgIpc) is 2.51. The van der Waals surface area contributed by atoms with E-state index in [1.54, 1.807) is 0 Å². The van der Waals surface area contributed by atoms with Crippen LogP contribution in [0.25, 0.3) is 0 Å². The molecule has 0 aliphatic heterocycles. The molecule has 116 valence electrons. The van der Waals surface area contributed by atoms with Gasteiger partial charge in [0.1, 0.15) is 5.40 Å².